The molecule has 2 rings (SSSR count). The maximum absolute atomic E-state index is 13.4. The zero-order valence-corrected chi connectivity index (χ0v) is 7.13. The first-order chi connectivity index (χ1) is 6.20. The number of aryl methyl sites for hydroxylation is 1. The SMILES string of the molecule is Cc1cc(O)c2c(c1F)COCO2. The second kappa shape index (κ2) is 2.88. The van der Waals surface area contributed by atoms with Crippen LogP contribution >= 0.6 is 0 Å². The summed E-state index contributed by atoms with van der Waals surface area (Å²) in [5.41, 5.74) is 0.689. The number of hydrogen-bond donors (Lipinski definition) is 1. The van der Waals surface area contributed by atoms with Crippen molar-refractivity contribution in [1.29, 1.82) is 0 Å². The first kappa shape index (κ1) is 8.31. The second-order valence-corrected chi connectivity index (χ2v) is 2.94. The summed E-state index contributed by atoms with van der Waals surface area (Å²) in [6, 6.07) is 1.35. The molecule has 1 aliphatic rings. The Labute approximate surface area is 74.7 Å². The van der Waals surface area contributed by atoms with Gasteiger partial charge in [-0.25, -0.2) is 4.39 Å². The topological polar surface area (TPSA) is 38.7 Å². The number of rotatable bonds is 0. The lowest BCUT2D eigenvalue weighted by Gasteiger charge is -2.19. The molecule has 0 aromatic heterocycles. The molecule has 1 N–H and O–H groups in total. The lowest BCUT2D eigenvalue weighted by Crippen LogP contribution is -2.13. The van der Waals surface area contributed by atoms with Gasteiger partial charge in [-0.05, 0) is 18.6 Å². The molecular formula is C9H9FO3. The second-order valence-electron chi connectivity index (χ2n) is 2.94. The molecule has 0 bridgehead atoms. The minimum absolute atomic E-state index is 0.0304. The first-order valence-electron chi connectivity index (χ1n) is 3.91. The van der Waals surface area contributed by atoms with E-state index in [0.29, 0.717) is 11.1 Å². The Morgan fingerprint density at radius 2 is 2.31 bits per heavy atom. The number of phenolic OH excluding ortho intramolecular Hbond substituents is 1. The van der Waals surface area contributed by atoms with E-state index in [0.717, 1.165) is 0 Å². The Balaban J connectivity index is 2.63. The van der Waals surface area contributed by atoms with Crippen LogP contribution in [0.15, 0.2) is 6.07 Å². The average Bonchev–Trinajstić information content (AvgIpc) is 2.15. The molecular weight excluding hydrogens is 175 g/mol. The molecule has 4 heteroatoms. The summed E-state index contributed by atoms with van der Waals surface area (Å²) >= 11 is 0. The molecule has 1 aromatic rings. The van der Waals surface area contributed by atoms with Crippen LogP contribution in [0.5, 0.6) is 11.5 Å². The monoisotopic (exact) mass is 184 g/mol. The fourth-order valence-electron chi connectivity index (χ4n) is 1.36. The fourth-order valence-corrected chi connectivity index (χ4v) is 1.36. The maximum atomic E-state index is 13.4. The van der Waals surface area contributed by atoms with Crippen LogP contribution in [-0.2, 0) is 11.3 Å². The van der Waals surface area contributed by atoms with Crippen LogP contribution in [0.25, 0.3) is 0 Å². The number of hydrogen-bond acceptors (Lipinski definition) is 3. The molecule has 1 aliphatic heterocycles. The van der Waals surface area contributed by atoms with Gasteiger partial charge in [0.25, 0.3) is 0 Å². The van der Waals surface area contributed by atoms with Crippen molar-refractivity contribution >= 4 is 0 Å². The van der Waals surface area contributed by atoms with Crippen molar-refractivity contribution < 1.29 is 19.0 Å². The average molecular weight is 184 g/mol. The molecule has 0 spiro atoms. The van der Waals surface area contributed by atoms with Crippen LogP contribution in [0.4, 0.5) is 4.39 Å². The van der Waals surface area contributed by atoms with E-state index in [-0.39, 0.29) is 30.7 Å². The van der Waals surface area contributed by atoms with Gasteiger partial charge in [-0.3, -0.25) is 0 Å². The van der Waals surface area contributed by atoms with E-state index in [1.165, 1.54) is 6.07 Å². The molecule has 0 saturated heterocycles. The van der Waals surface area contributed by atoms with Crippen molar-refractivity contribution in [1.82, 2.24) is 0 Å². The van der Waals surface area contributed by atoms with Crippen LogP contribution in [0.2, 0.25) is 0 Å². The van der Waals surface area contributed by atoms with Crippen LogP contribution < -0.4 is 4.74 Å². The molecule has 70 valence electrons. The van der Waals surface area contributed by atoms with Crippen LogP contribution in [0.3, 0.4) is 0 Å². The molecule has 1 heterocycles. The van der Waals surface area contributed by atoms with Gasteiger partial charge in [-0.2, -0.15) is 0 Å². The summed E-state index contributed by atoms with van der Waals surface area (Å²) in [6.07, 6.45) is 0. The number of halogens is 1. The smallest absolute Gasteiger partial charge is 0.189 e. The third-order valence-electron chi connectivity index (χ3n) is 2.00. The molecule has 13 heavy (non-hydrogen) atoms. The molecule has 0 aliphatic carbocycles. The van der Waals surface area contributed by atoms with E-state index in [1.54, 1.807) is 6.92 Å². The Morgan fingerprint density at radius 1 is 1.54 bits per heavy atom. The number of phenols is 1. The predicted molar refractivity (Wildman–Crippen MR) is 43.1 cm³/mol. The Bertz CT molecular complexity index is 349. The van der Waals surface area contributed by atoms with Crippen molar-refractivity contribution in [2.75, 3.05) is 6.79 Å². The molecule has 0 saturated carbocycles. The third kappa shape index (κ3) is 1.23. The zero-order chi connectivity index (χ0) is 9.42. The van der Waals surface area contributed by atoms with Crippen LogP contribution in [-0.4, -0.2) is 11.9 Å². The van der Waals surface area contributed by atoms with Gasteiger partial charge in [-0.1, -0.05) is 0 Å². The molecule has 0 radical (unpaired) electrons. The Morgan fingerprint density at radius 3 is 3.08 bits per heavy atom. The van der Waals surface area contributed by atoms with Gasteiger partial charge in [0.05, 0.1) is 12.2 Å². The van der Waals surface area contributed by atoms with Gasteiger partial charge >= 0.3 is 0 Å². The molecule has 3 nitrogen and oxygen atoms in total. The van der Waals surface area contributed by atoms with Gasteiger partial charge in [0.1, 0.15) is 5.82 Å². The van der Waals surface area contributed by atoms with Crippen LogP contribution in [0, 0.1) is 12.7 Å². The maximum Gasteiger partial charge on any atom is 0.189 e. The van der Waals surface area contributed by atoms with Gasteiger partial charge in [-0.15, -0.1) is 0 Å². The summed E-state index contributed by atoms with van der Waals surface area (Å²) in [7, 11) is 0. The van der Waals surface area contributed by atoms with Crippen LogP contribution in [0.1, 0.15) is 11.1 Å². The highest BCUT2D eigenvalue weighted by Gasteiger charge is 2.20. The highest BCUT2D eigenvalue weighted by molar-refractivity contribution is 5.49. The molecule has 0 atom stereocenters. The molecule has 0 unspecified atom stereocenters. The van der Waals surface area contributed by atoms with Crippen molar-refractivity contribution in [3.63, 3.8) is 0 Å². The van der Waals surface area contributed by atoms with E-state index in [4.69, 9.17) is 9.47 Å². The number of ether oxygens (including phenoxy) is 2. The summed E-state index contributed by atoms with van der Waals surface area (Å²) in [5, 5.41) is 9.41. The molecule has 0 fully saturated rings. The van der Waals surface area contributed by atoms with E-state index in [2.05, 4.69) is 0 Å². The van der Waals surface area contributed by atoms with Crippen molar-refractivity contribution in [2.45, 2.75) is 13.5 Å². The van der Waals surface area contributed by atoms with E-state index in [9.17, 15) is 9.50 Å². The summed E-state index contributed by atoms with van der Waals surface area (Å²) in [5.74, 6) is -0.195. The standard InChI is InChI=1S/C9H9FO3/c1-5-2-7(11)9-6(8(5)10)3-12-4-13-9/h2,11H,3-4H2,1H3. The Kier molecular flexibility index (Phi) is 1.84. The highest BCUT2D eigenvalue weighted by Crippen LogP contribution is 2.36. The van der Waals surface area contributed by atoms with Gasteiger partial charge in [0, 0.05) is 0 Å². The lowest BCUT2D eigenvalue weighted by atomic mass is 10.1. The third-order valence-corrected chi connectivity index (χ3v) is 2.00. The number of benzene rings is 1. The van der Waals surface area contributed by atoms with E-state index in [1.807, 2.05) is 0 Å². The van der Waals surface area contributed by atoms with E-state index >= 15 is 0 Å². The Hall–Kier alpha value is -1.29. The van der Waals surface area contributed by atoms with Gasteiger partial charge in [0.15, 0.2) is 18.3 Å². The van der Waals surface area contributed by atoms with Crippen molar-refractivity contribution in [2.24, 2.45) is 0 Å². The fraction of sp³-hybridized carbons (Fsp3) is 0.333. The number of fused-ring (bicyclic) bond motifs is 1. The zero-order valence-electron chi connectivity index (χ0n) is 7.13. The highest BCUT2D eigenvalue weighted by atomic mass is 19.1. The van der Waals surface area contributed by atoms with Gasteiger partial charge in [0.2, 0.25) is 0 Å². The summed E-state index contributed by atoms with van der Waals surface area (Å²) < 4.78 is 23.3. The predicted octanol–water partition coefficient (Wildman–Crippen LogP) is 1.71. The number of aromatic hydroxyl groups is 1. The first-order valence-corrected chi connectivity index (χ1v) is 3.91. The van der Waals surface area contributed by atoms with Gasteiger partial charge < -0.3 is 14.6 Å². The quantitative estimate of drug-likeness (QED) is 0.667. The molecule has 0 amide bonds. The summed E-state index contributed by atoms with van der Waals surface area (Å²) in [6.45, 7) is 1.80. The van der Waals surface area contributed by atoms with E-state index < -0.39 is 0 Å². The summed E-state index contributed by atoms with van der Waals surface area (Å²) in [4.78, 5) is 0. The lowest BCUT2D eigenvalue weighted by molar-refractivity contribution is -0.0199. The van der Waals surface area contributed by atoms with Crippen molar-refractivity contribution in [3.05, 3.63) is 23.0 Å². The van der Waals surface area contributed by atoms with Crippen molar-refractivity contribution in [3.8, 4) is 11.5 Å². The largest absolute Gasteiger partial charge is 0.504 e. The minimum Gasteiger partial charge on any atom is -0.504 e. The normalized spacial score (nSPS) is 14.9. The molecule has 1 aromatic carbocycles. The minimum atomic E-state index is -0.368.